The zero-order valence-electron chi connectivity index (χ0n) is 7.57. The molecule has 0 bridgehead atoms. The van der Waals surface area contributed by atoms with E-state index in [2.05, 4.69) is 29.3 Å². The highest BCUT2D eigenvalue weighted by atomic mass is 32.2. The minimum absolute atomic E-state index is 0.997. The molecule has 0 fully saturated rings. The zero-order chi connectivity index (χ0) is 8.93. The molecule has 1 heterocycles. The fourth-order valence-corrected chi connectivity index (χ4v) is 2.39. The van der Waals surface area contributed by atoms with Gasteiger partial charge < -0.3 is 0 Å². The molecule has 0 aromatic heterocycles. The van der Waals surface area contributed by atoms with Gasteiger partial charge >= 0.3 is 0 Å². The second-order valence-electron chi connectivity index (χ2n) is 3.11. The van der Waals surface area contributed by atoms with Crippen LogP contribution in [0.4, 0.5) is 0 Å². The number of hydrogen-bond donors (Lipinski definition) is 0. The third-order valence-electron chi connectivity index (χ3n) is 2.07. The molecule has 1 aromatic carbocycles. The summed E-state index contributed by atoms with van der Waals surface area (Å²) in [5.41, 5.74) is 1.27. The summed E-state index contributed by atoms with van der Waals surface area (Å²) >= 11 is 1.89. The number of aliphatic imine (C=N–C) groups is 1. The van der Waals surface area contributed by atoms with Gasteiger partial charge in [-0.3, -0.25) is 4.99 Å². The topological polar surface area (TPSA) is 12.4 Å². The van der Waals surface area contributed by atoms with Crippen molar-refractivity contribution in [1.82, 2.24) is 0 Å². The fraction of sp³-hybridized carbons (Fsp3) is 0.364. The van der Waals surface area contributed by atoms with Crippen LogP contribution in [0, 0.1) is 0 Å². The summed E-state index contributed by atoms with van der Waals surface area (Å²) < 4.78 is 0. The Morgan fingerprint density at radius 3 is 2.77 bits per heavy atom. The van der Waals surface area contributed by atoms with Crippen molar-refractivity contribution >= 4 is 16.8 Å². The van der Waals surface area contributed by atoms with Crippen molar-refractivity contribution < 1.29 is 0 Å². The zero-order valence-corrected chi connectivity index (χ0v) is 8.39. The number of hydrogen-bond acceptors (Lipinski definition) is 2. The van der Waals surface area contributed by atoms with Crippen LogP contribution in [0.15, 0.2) is 35.3 Å². The van der Waals surface area contributed by atoms with Gasteiger partial charge in [0.25, 0.3) is 0 Å². The van der Waals surface area contributed by atoms with Gasteiger partial charge in [-0.1, -0.05) is 30.3 Å². The van der Waals surface area contributed by atoms with Crippen LogP contribution in [-0.2, 0) is 0 Å². The molecule has 0 atom stereocenters. The third kappa shape index (κ3) is 2.34. The highest BCUT2D eigenvalue weighted by Gasteiger charge is 2.05. The molecule has 0 spiro atoms. The van der Waals surface area contributed by atoms with Gasteiger partial charge in [-0.05, 0) is 18.6 Å². The molecular formula is C11H13NS. The number of nitrogens with zero attached hydrogens (tertiary/aromatic N) is 1. The molecular weight excluding hydrogens is 178 g/mol. The highest BCUT2D eigenvalue weighted by Crippen LogP contribution is 2.18. The predicted molar refractivity (Wildman–Crippen MR) is 59.5 cm³/mol. The molecule has 0 saturated carbocycles. The summed E-state index contributed by atoms with van der Waals surface area (Å²) in [6, 6.07) is 10.5. The Kier molecular flexibility index (Phi) is 3.03. The summed E-state index contributed by atoms with van der Waals surface area (Å²) in [6.07, 6.45) is 2.54. The number of thioether (sulfide) groups is 1. The van der Waals surface area contributed by atoms with Gasteiger partial charge in [0.05, 0.1) is 5.04 Å². The molecule has 0 N–H and O–H groups in total. The van der Waals surface area contributed by atoms with Crippen LogP contribution >= 0.6 is 11.8 Å². The van der Waals surface area contributed by atoms with Gasteiger partial charge in [-0.2, -0.15) is 0 Å². The van der Waals surface area contributed by atoms with Crippen LogP contribution in [0.1, 0.15) is 18.4 Å². The van der Waals surface area contributed by atoms with Crippen molar-refractivity contribution in [3.05, 3.63) is 35.9 Å². The maximum absolute atomic E-state index is 4.57. The van der Waals surface area contributed by atoms with Gasteiger partial charge in [0.15, 0.2) is 0 Å². The van der Waals surface area contributed by atoms with E-state index in [0.717, 1.165) is 6.54 Å². The second-order valence-corrected chi connectivity index (χ2v) is 4.19. The quantitative estimate of drug-likeness (QED) is 0.664. The predicted octanol–water partition coefficient (Wildman–Crippen LogP) is 2.96. The Balaban J connectivity index is 2.19. The van der Waals surface area contributed by atoms with Crippen molar-refractivity contribution in [3.8, 4) is 0 Å². The van der Waals surface area contributed by atoms with Crippen LogP contribution in [0.3, 0.4) is 0 Å². The molecule has 1 aliphatic heterocycles. The molecule has 0 radical (unpaired) electrons. The Morgan fingerprint density at radius 1 is 1.08 bits per heavy atom. The van der Waals surface area contributed by atoms with E-state index >= 15 is 0 Å². The molecule has 0 saturated heterocycles. The highest BCUT2D eigenvalue weighted by molar-refractivity contribution is 8.14. The van der Waals surface area contributed by atoms with E-state index in [9.17, 15) is 0 Å². The molecule has 1 aliphatic rings. The van der Waals surface area contributed by atoms with Crippen molar-refractivity contribution in [2.75, 3.05) is 12.3 Å². The Hall–Kier alpha value is -0.760. The molecule has 0 amide bonds. The number of benzene rings is 1. The number of rotatable bonds is 1. The van der Waals surface area contributed by atoms with E-state index in [1.165, 1.54) is 29.2 Å². The first-order chi connectivity index (χ1) is 6.47. The normalized spacial score (nSPS) is 17.7. The van der Waals surface area contributed by atoms with Crippen LogP contribution in [-0.4, -0.2) is 17.3 Å². The third-order valence-corrected chi connectivity index (χ3v) is 3.20. The van der Waals surface area contributed by atoms with E-state index < -0.39 is 0 Å². The summed E-state index contributed by atoms with van der Waals surface area (Å²) in [6.45, 7) is 0.997. The first kappa shape index (κ1) is 8.82. The van der Waals surface area contributed by atoms with E-state index in [-0.39, 0.29) is 0 Å². The average molecular weight is 191 g/mol. The first-order valence-corrected chi connectivity index (χ1v) is 5.68. The second kappa shape index (κ2) is 4.47. The summed E-state index contributed by atoms with van der Waals surface area (Å²) in [4.78, 5) is 4.57. The van der Waals surface area contributed by atoms with Crippen molar-refractivity contribution in [1.29, 1.82) is 0 Å². The van der Waals surface area contributed by atoms with Gasteiger partial charge in [0.2, 0.25) is 0 Å². The minimum atomic E-state index is 0.997. The Morgan fingerprint density at radius 2 is 1.92 bits per heavy atom. The maximum Gasteiger partial charge on any atom is 0.0976 e. The van der Waals surface area contributed by atoms with Gasteiger partial charge in [0, 0.05) is 12.1 Å². The Labute approximate surface area is 83.3 Å². The van der Waals surface area contributed by atoms with Crippen LogP contribution in [0.5, 0.6) is 0 Å². The smallest absolute Gasteiger partial charge is 0.0976 e. The summed E-state index contributed by atoms with van der Waals surface area (Å²) in [5.74, 6) is 1.22. The van der Waals surface area contributed by atoms with Gasteiger partial charge in [-0.15, -0.1) is 11.8 Å². The molecule has 2 rings (SSSR count). The lowest BCUT2D eigenvalue weighted by atomic mass is 10.2. The maximum atomic E-state index is 4.57. The molecule has 2 heteroatoms. The van der Waals surface area contributed by atoms with Crippen LogP contribution in [0.25, 0.3) is 0 Å². The molecule has 1 aromatic rings. The van der Waals surface area contributed by atoms with Gasteiger partial charge in [-0.25, -0.2) is 0 Å². The van der Waals surface area contributed by atoms with Crippen molar-refractivity contribution in [2.45, 2.75) is 12.8 Å². The van der Waals surface area contributed by atoms with Crippen LogP contribution < -0.4 is 0 Å². The molecule has 68 valence electrons. The van der Waals surface area contributed by atoms with E-state index in [4.69, 9.17) is 0 Å². The molecule has 0 unspecified atom stereocenters. The lowest BCUT2D eigenvalue weighted by Crippen LogP contribution is -1.94. The summed E-state index contributed by atoms with van der Waals surface area (Å²) in [5, 5.41) is 1.22. The van der Waals surface area contributed by atoms with Crippen molar-refractivity contribution in [2.24, 2.45) is 4.99 Å². The fourth-order valence-electron chi connectivity index (χ4n) is 1.36. The largest absolute Gasteiger partial charge is 0.278 e. The van der Waals surface area contributed by atoms with E-state index in [1.54, 1.807) is 0 Å². The lowest BCUT2D eigenvalue weighted by molar-refractivity contribution is 0.823. The molecule has 13 heavy (non-hydrogen) atoms. The monoisotopic (exact) mass is 191 g/mol. The SMILES string of the molecule is c1ccc(C2=NCCCCS2)cc1. The standard InChI is InChI=1S/C11H13NS/c1-2-6-10(7-3-1)11-12-8-4-5-9-13-11/h1-3,6-7H,4-5,8-9H2. The summed E-state index contributed by atoms with van der Waals surface area (Å²) in [7, 11) is 0. The van der Waals surface area contributed by atoms with Crippen molar-refractivity contribution in [3.63, 3.8) is 0 Å². The van der Waals surface area contributed by atoms with Gasteiger partial charge in [0.1, 0.15) is 0 Å². The average Bonchev–Trinajstić information content (AvgIpc) is 2.47. The molecule has 0 aliphatic carbocycles. The first-order valence-electron chi connectivity index (χ1n) is 4.69. The lowest BCUT2D eigenvalue weighted by Gasteiger charge is -2.01. The minimum Gasteiger partial charge on any atom is -0.278 e. The molecule has 1 nitrogen and oxygen atoms in total. The Bertz CT molecular complexity index is 292. The van der Waals surface area contributed by atoms with Crippen LogP contribution in [0.2, 0.25) is 0 Å². The van der Waals surface area contributed by atoms with E-state index in [0.29, 0.717) is 0 Å². The van der Waals surface area contributed by atoms with E-state index in [1.807, 2.05) is 17.8 Å².